The van der Waals surface area contributed by atoms with Gasteiger partial charge in [0.2, 0.25) is 5.91 Å². The lowest BCUT2D eigenvalue weighted by molar-refractivity contribution is -0.123. The van der Waals surface area contributed by atoms with Crippen LogP contribution in [0.15, 0.2) is 24.3 Å². The number of hydrogen-bond donors (Lipinski definition) is 3. The lowest BCUT2D eigenvalue weighted by atomic mass is 10.1. The third kappa shape index (κ3) is 3.72. The van der Waals surface area contributed by atoms with E-state index in [4.69, 9.17) is 15.6 Å². The molecule has 17 heavy (non-hydrogen) atoms. The maximum atomic E-state index is 11.5. The van der Waals surface area contributed by atoms with Gasteiger partial charge in [-0.25, -0.2) is 0 Å². The average molecular weight is 238 g/mol. The standard InChI is InChI=1S/C12H18N2O3/c1-8(14-12(16)11(13)7-15)9-4-3-5-10(6-9)17-2/h3-6,8,11,15H,7,13H2,1-2H3,(H,14,16)/t8-,11-/m1/s1. The van der Waals surface area contributed by atoms with Crippen LogP contribution in [0, 0.1) is 0 Å². The van der Waals surface area contributed by atoms with Crippen molar-refractivity contribution in [1.82, 2.24) is 5.32 Å². The molecule has 0 aromatic heterocycles. The molecule has 0 aliphatic heterocycles. The molecule has 1 amide bonds. The molecule has 2 atom stereocenters. The zero-order valence-corrected chi connectivity index (χ0v) is 10.0. The van der Waals surface area contributed by atoms with E-state index in [-0.39, 0.29) is 18.6 Å². The van der Waals surface area contributed by atoms with Crippen molar-refractivity contribution in [2.75, 3.05) is 13.7 Å². The number of nitrogens with two attached hydrogens (primary N) is 1. The Balaban J connectivity index is 2.69. The zero-order chi connectivity index (χ0) is 12.8. The number of carbonyl (C=O) groups excluding carboxylic acids is 1. The van der Waals surface area contributed by atoms with E-state index in [1.54, 1.807) is 7.11 Å². The van der Waals surface area contributed by atoms with Crippen molar-refractivity contribution < 1.29 is 14.6 Å². The molecule has 0 heterocycles. The molecule has 4 N–H and O–H groups in total. The van der Waals surface area contributed by atoms with Crippen LogP contribution in [0.25, 0.3) is 0 Å². The molecule has 5 heteroatoms. The van der Waals surface area contributed by atoms with Gasteiger partial charge in [-0.3, -0.25) is 4.79 Å². The van der Waals surface area contributed by atoms with Crippen LogP contribution in [0.1, 0.15) is 18.5 Å². The summed E-state index contributed by atoms with van der Waals surface area (Å²) in [5.41, 5.74) is 6.33. The summed E-state index contributed by atoms with van der Waals surface area (Å²) >= 11 is 0. The number of ether oxygens (including phenoxy) is 1. The number of nitrogens with one attached hydrogen (secondary N) is 1. The summed E-state index contributed by atoms with van der Waals surface area (Å²) in [5.74, 6) is 0.359. The van der Waals surface area contributed by atoms with Gasteiger partial charge in [-0.1, -0.05) is 12.1 Å². The van der Waals surface area contributed by atoms with E-state index in [1.165, 1.54) is 0 Å². The number of carbonyl (C=O) groups is 1. The molecule has 94 valence electrons. The monoisotopic (exact) mass is 238 g/mol. The molecule has 0 saturated heterocycles. The molecule has 0 radical (unpaired) electrons. The quantitative estimate of drug-likeness (QED) is 0.683. The maximum absolute atomic E-state index is 11.5. The molecule has 0 fully saturated rings. The number of aliphatic hydroxyl groups excluding tert-OH is 1. The van der Waals surface area contributed by atoms with E-state index < -0.39 is 6.04 Å². The molecule has 0 spiro atoms. The molecule has 5 nitrogen and oxygen atoms in total. The first-order valence-electron chi connectivity index (χ1n) is 5.39. The Labute approximate surface area is 101 Å². The predicted octanol–water partition coefficient (Wildman–Crippen LogP) is 0.192. The van der Waals surface area contributed by atoms with Crippen LogP contribution >= 0.6 is 0 Å². The third-order valence-corrected chi connectivity index (χ3v) is 2.49. The van der Waals surface area contributed by atoms with Gasteiger partial charge in [-0.15, -0.1) is 0 Å². The van der Waals surface area contributed by atoms with Gasteiger partial charge in [0, 0.05) is 0 Å². The number of benzene rings is 1. The van der Waals surface area contributed by atoms with Gasteiger partial charge < -0.3 is 20.9 Å². The highest BCUT2D eigenvalue weighted by Crippen LogP contribution is 2.18. The molecule has 0 bridgehead atoms. The van der Waals surface area contributed by atoms with Gasteiger partial charge in [0.05, 0.1) is 19.8 Å². The summed E-state index contributed by atoms with van der Waals surface area (Å²) in [5, 5.41) is 11.5. The molecule has 1 rings (SSSR count). The van der Waals surface area contributed by atoms with Gasteiger partial charge in [0.1, 0.15) is 11.8 Å². The molecule has 0 aliphatic carbocycles. The number of methoxy groups -OCH3 is 1. The molecular weight excluding hydrogens is 220 g/mol. The predicted molar refractivity (Wildman–Crippen MR) is 64.6 cm³/mol. The summed E-state index contributed by atoms with van der Waals surface area (Å²) in [4.78, 5) is 11.5. The second-order valence-corrected chi connectivity index (χ2v) is 3.80. The second kappa shape index (κ2) is 6.22. The summed E-state index contributed by atoms with van der Waals surface area (Å²) in [6, 6.07) is 6.34. The van der Waals surface area contributed by atoms with Crippen LogP contribution in [0.4, 0.5) is 0 Å². The van der Waals surface area contributed by atoms with Gasteiger partial charge in [-0.05, 0) is 24.6 Å². The minimum absolute atomic E-state index is 0.185. The van der Waals surface area contributed by atoms with E-state index in [0.29, 0.717) is 0 Å². The first-order valence-corrected chi connectivity index (χ1v) is 5.39. The van der Waals surface area contributed by atoms with Crippen molar-refractivity contribution in [1.29, 1.82) is 0 Å². The number of aliphatic hydroxyl groups is 1. The van der Waals surface area contributed by atoms with Gasteiger partial charge in [0.25, 0.3) is 0 Å². The van der Waals surface area contributed by atoms with Crippen LogP contribution < -0.4 is 15.8 Å². The molecule has 1 aromatic rings. The SMILES string of the molecule is COc1cccc([C@@H](C)NC(=O)[C@H](N)CO)c1. The van der Waals surface area contributed by atoms with Crippen molar-refractivity contribution in [2.45, 2.75) is 19.0 Å². The molecular formula is C12H18N2O3. The van der Waals surface area contributed by atoms with Crippen LogP contribution in [0.2, 0.25) is 0 Å². The molecule has 0 unspecified atom stereocenters. The van der Waals surface area contributed by atoms with Gasteiger partial charge in [0.15, 0.2) is 0 Å². The van der Waals surface area contributed by atoms with Crippen molar-refractivity contribution >= 4 is 5.91 Å². The Morgan fingerprint density at radius 1 is 1.59 bits per heavy atom. The lowest BCUT2D eigenvalue weighted by Crippen LogP contribution is -2.43. The fourth-order valence-electron chi connectivity index (χ4n) is 1.40. The summed E-state index contributed by atoms with van der Waals surface area (Å²) < 4.78 is 5.10. The van der Waals surface area contributed by atoms with Crippen molar-refractivity contribution in [2.24, 2.45) is 5.73 Å². The Morgan fingerprint density at radius 3 is 2.88 bits per heavy atom. The average Bonchev–Trinajstić information content (AvgIpc) is 2.37. The number of amides is 1. The summed E-state index contributed by atoms with van der Waals surface area (Å²) in [6.07, 6.45) is 0. The fraction of sp³-hybridized carbons (Fsp3) is 0.417. The fourth-order valence-corrected chi connectivity index (χ4v) is 1.40. The van der Waals surface area contributed by atoms with Crippen molar-refractivity contribution in [3.8, 4) is 5.75 Å². The third-order valence-electron chi connectivity index (χ3n) is 2.49. The van der Waals surface area contributed by atoms with Crippen LogP contribution in [-0.2, 0) is 4.79 Å². The van der Waals surface area contributed by atoms with E-state index in [9.17, 15) is 4.79 Å². The summed E-state index contributed by atoms with van der Waals surface area (Å²) in [7, 11) is 1.59. The first-order chi connectivity index (χ1) is 8.08. The summed E-state index contributed by atoms with van der Waals surface area (Å²) in [6.45, 7) is 1.48. The smallest absolute Gasteiger partial charge is 0.239 e. The zero-order valence-electron chi connectivity index (χ0n) is 10.0. The van der Waals surface area contributed by atoms with E-state index in [1.807, 2.05) is 31.2 Å². The van der Waals surface area contributed by atoms with E-state index in [2.05, 4.69) is 5.32 Å². The first kappa shape index (κ1) is 13.5. The molecule has 1 aromatic carbocycles. The van der Waals surface area contributed by atoms with E-state index >= 15 is 0 Å². The van der Waals surface area contributed by atoms with Crippen LogP contribution in [-0.4, -0.2) is 30.8 Å². The molecule has 0 saturated carbocycles. The Hall–Kier alpha value is -1.59. The van der Waals surface area contributed by atoms with Crippen molar-refractivity contribution in [3.63, 3.8) is 0 Å². The minimum atomic E-state index is -0.886. The normalized spacial score (nSPS) is 13.9. The van der Waals surface area contributed by atoms with Crippen LogP contribution in [0.3, 0.4) is 0 Å². The lowest BCUT2D eigenvalue weighted by Gasteiger charge is -2.17. The number of hydrogen-bond acceptors (Lipinski definition) is 4. The Bertz CT molecular complexity index is 382. The largest absolute Gasteiger partial charge is 0.497 e. The highest BCUT2D eigenvalue weighted by molar-refractivity contribution is 5.82. The van der Waals surface area contributed by atoms with Crippen LogP contribution in [0.5, 0.6) is 5.75 Å². The van der Waals surface area contributed by atoms with Gasteiger partial charge >= 0.3 is 0 Å². The van der Waals surface area contributed by atoms with Crippen molar-refractivity contribution in [3.05, 3.63) is 29.8 Å². The van der Waals surface area contributed by atoms with Gasteiger partial charge in [-0.2, -0.15) is 0 Å². The minimum Gasteiger partial charge on any atom is -0.497 e. The van der Waals surface area contributed by atoms with E-state index in [0.717, 1.165) is 11.3 Å². The topological polar surface area (TPSA) is 84.6 Å². The Morgan fingerprint density at radius 2 is 2.29 bits per heavy atom. The second-order valence-electron chi connectivity index (χ2n) is 3.80. The highest BCUT2D eigenvalue weighted by Gasteiger charge is 2.15. The maximum Gasteiger partial charge on any atom is 0.239 e. The Kier molecular flexibility index (Phi) is 4.93. The molecule has 0 aliphatic rings. The highest BCUT2D eigenvalue weighted by atomic mass is 16.5. The number of rotatable bonds is 5.